The van der Waals surface area contributed by atoms with Crippen LogP contribution in [0.3, 0.4) is 0 Å². The van der Waals surface area contributed by atoms with Crippen LogP contribution >= 0.6 is 0 Å². The van der Waals surface area contributed by atoms with E-state index in [-0.39, 0.29) is 17.4 Å². The number of aryl methyl sites for hydroxylation is 1. The first-order valence-electron chi connectivity index (χ1n) is 15.6. The normalized spacial score (nSPS) is 29.8. The minimum absolute atomic E-state index is 0.146. The second kappa shape index (κ2) is 10.8. The largest absolute Gasteiger partial charge is 0.369 e. The SMILES string of the molecule is Cc1ccc(C[C@@H](C)n2cnc3cc(N=C(N)N4CCN[C@@H](C)C4C4C[C@@H](C)[C@@H]5C[C@H]4C5(C)C)ccc3c2=O)c(F)c1. The monoisotopic (exact) mass is 572 g/mol. The van der Waals surface area contributed by atoms with Crippen LogP contribution in [-0.2, 0) is 6.42 Å². The fourth-order valence-corrected chi connectivity index (χ4v) is 8.58. The van der Waals surface area contributed by atoms with E-state index in [1.807, 2.05) is 32.0 Å². The average Bonchev–Trinajstić information content (AvgIpc) is 2.93. The Bertz CT molecular complexity index is 1580. The zero-order chi connectivity index (χ0) is 29.9. The van der Waals surface area contributed by atoms with Gasteiger partial charge in [-0.2, -0.15) is 0 Å². The summed E-state index contributed by atoms with van der Waals surface area (Å²) in [5, 5.41) is 4.22. The molecule has 8 heteroatoms. The van der Waals surface area contributed by atoms with Gasteiger partial charge in [0.05, 0.1) is 22.9 Å². The Balaban J connectivity index is 1.25. The van der Waals surface area contributed by atoms with E-state index in [0.29, 0.717) is 63.9 Å². The van der Waals surface area contributed by atoms with Crippen LogP contribution in [0.2, 0.25) is 0 Å². The average molecular weight is 573 g/mol. The van der Waals surface area contributed by atoms with Gasteiger partial charge in [-0.25, -0.2) is 14.4 Å². The van der Waals surface area contributed by atoms with E-state index in [4.69, 9.17) is 10.7 Å². The first kappa shape index (κ1) is 28.8. The number of piperazine rings is 1. The van der Waals surface area contributed by atoms with Crippen molar-refractivity contribution in [1.82, 2.24) is 19.8 Å². The molecule has 3 aromatic rings. The fourth-order valence-electron chi connectivity index (χ4n) is 8.58. The van der Waals surface area contributed by atoms with Gasteiger partial charge < -0.3 is 16.0 Å². The molecule has 2 bridgehead atoms. The summed E-state index contributed by atoms with van der Waals surface area (Å²) in [5.74, 6) is 3.11. The number of nitrogens with two attached hydrogens (primary N) is 1. The van der Waals surface area contributed by atoms with Crippen LogP contribution in [0.15, 0.2) is 52.5 Å². The lowest BCUT2D eigenvalue weighted by molar-refractivity contribution is -0.156. The van der Waals surface area contributed by atoms with Gasteiger partial charge in [0.1, 0.15) is 5.82 Å². The lowest BCUT2D eigenvalue weighted by atomic mass is 9.41. The summed E-state index contributed by atoms with van der Waals surface area (Å²) in [6.07, 6.45) is 4.52. The highest BCUT2D eigenvalue weighted by molar-refractivity contribution is 5.85. The quantitative estimate of drug-likeness (QED) is 0.308. The molecule has 1 saturated heterocycles. The van der Waals surface area contributed by atoms with Crippen molar-refractivity contribution in [3.8, 4) is 0 Å². The van der Waals surface area contributed by atoms with Crippen LogP contribution in [0.1, 0.15) is 64.6 Å². The van der Waals surface area contributed by atoms with Crippen LogP contribution in [0.4, 0.5) is 10.1 Å². The third-order valence-electron chi connectivity index (χ3n) is 10.9. The molecular formula is C34H45FN6O. The number of fused-ring (bicyclic) bond motifs is 3. The van der Waals surface area contributed by atoms with E-state index >= 15 is 0 Å². The molecule has 7 atom stereocenters. The van der Waals surface area contributed by atoms with Crippen LogP contribution in [0.5, 0.6) is 0 Å². The minimum Gasteiger partial charge on any atom is -0.369 e. The topological polar surface area (TPSA) is 88.5 Å². The highest BCUT2D eigenvalue weighted by atomic mass is 19.1. The summed E-state index contributed by atoms with van der Waals surface area (Å²) in [6.45, 7) is 15.1. The Hall–Kier alpha value is -3.26. The molecule has 7 nitrogen and oxygen atoms in total. The van der Waals surface area contributed by atoms with Crippen molar-refractivity contribution < 1.29 is 4.39 Å². The Kier molecular flexibility index (Phi) is 7.40. The van der Waals surface area contributed by atoms with Gasteiger partial charge in [0.2, 0.25) is 0 Å². The molecule has 4 aliphatic rings. The first-order valence-corrected chi connectivity index (χ1v) is 15.6. The highest BCUT2D eigenvalue weighted by Crippen LogP contribution is 2.64. The molecular weight excluding hydrogens is 527 g/mol. The van der Waals surface area contributed by atoms with Crippen LogP contribution in [0.25, 0.3) is 10.9 Å². The van der Waals surface area contributed by atoms with Crippen LogP contribution < -0.4 is 16.6 Å². The lowest BCUT2D eigenvalue weighted by Crippen LogP contribution is -2.68. The molecule has 42 heavy (non-hydrogen) atoms. The molecule has 224 valence electrons. The number of halogens is 1. The minimum atomic E-state index is -0.247. The van der Waals surface area contributed by atoms with Crippen molar-refractivity contribution in [2.45, 2.75) is 78.9 Å². The van der Waals surface area contributed by atoms with Gasteiger partial charge >= 0.3 is 0 Å². The molecule has 2 unspecified atom stereocenters. The molecule has 2 heterocycles. The Morgan fingerprint density at radius 1 is 1.19 bits per heavy atom. The van der Waals surface area contributed by atoms with Crippen LogP contribution in [0, 0.1) is 41.8 Å². The Morgan fingerprint density at radius 2 is 1.98 bits per heavy atom. The number of hydrogen-bond donors (Lipinski definition) is 2. The number of aliphatic imine (C=N–C) groups is 1. The summed E-state index contributed by atoms with van der Waals surface area (Å²) in [6, 6.07) is 11.0. The summed E-state index contributed by atoms with van der Waals surface area (Å²) in [4.78, 5) is 25.2. The van der Waals surface area contributed by atoms with Gasteiger partial charge in [0.15, 0.2) is 5.96 Å². The van der Waals surface area contributed by atoms with Crippen LogP contribution in [-0.4, -0.2) is 45.6 Å². The standard InChI is InChI=1S/C34H45FN6O/c1-19-7-8-23(29(35)13-19)15-21(3)41-18-38-30-16-24(9-10-25(30)32(41)42)39-33(36)40-12-11-37-22(4)31(40)26-14-20(2)27-17-28(26)34(27,5)6/h7-10,13,16,18,20-22,26-28,31,37H,11-12,14-15,17H2,1-6H3,(H2,36,39)/t20-,21-,22+,26?,27+,28-,31?/m1/s1. The molecule has 4 fully saturated rings. The Morgan fingerprint density at radius 3 is 2.69 bits per heavy atom. The zero-order valence-corrected chi connectivity index (χ0v) is 25.8. The first-order chi connectivity index (χ1) is 20.0. The molecule has 0 amide bonds. The number of benzene rings is 2. The second-order valence-corrected chi connectivity index (χ2v) is 13.9. The molecule has 0 spiro atoms. The van der Waals surface area contributed by atoms with E-state index in [2.05, 4.69) is 42.9 Å². The third kappa shape index (κ3) is 4.91. The van der Waals surface area contributed by atoms with E-state index in [1.165, 1.54) is 18.9 Å². The zero-order valence-electron chi connectivity index (χ0n) is 25.8. The van der Waals surface area contributed by atoms with E-state index in [9.17, 15) is 9.18 Å². The number of nitrogens with zero attached hydrogens (tertiary/aromatic N) is 4. The Labute approximate surface area is 248 Å². The maximum absolute atomic E-state index is 14.5. The van der Waals surface area contributed by atoms with Gasteiger partial charge in [0, 0.05) is 31.2 Å². The van der Waals surface area contributed by atoms with E-state index < -0.39 is 0 Å². The summed E-state index contributed by atoms with van der Waals surface area (Å²) in [7, 11) is 0. The number of guanidine groups is 1. The van der Waals surface area contributed by atoms with Gasteiger partial charge in [-0.1, -0.05) is 32.9 Å². The maximum atomic E-state index is 14.5. The number of nitrogens with one attached hydrogen (secondary N) is 1. The molecule has 2 aromatic carbocycles. The van der Waals surface area contributed by atoms with Crippen molar-refractivity contribution in [3.05, 3.63) is 70.0 Å². The van der Waals surface area contributed by atoms with Crippen molar-refractivity contribution in [2.24, 2.45) is 39.8 Å². The van der Waals surface area contributed by atoms with Gasteiger partial charge in [-0.3, -0.25) is 9.36 Å². The van der Waals surface area contributed by atoms with Gasteiger partial charge in [-0.05, 0) is 105 Å². The molecule has 3 N–H and O–H groups in total. The van der Waals surface area contributed by atoms with Crippen molar-refractivity contribution in [3.63, 3.8) is 0 Å². The van der Waals surface area contributed by atoms with Gasteiger partial charge in [-0.15, -0.1) is 0 Å². The smallest absolute Gasteiger partial charge is 0.261 e. The summed E-state index contributed by atoms with van der Waals surface area (Å²) < 4.78 is 16.0. The maximum Gasteiger partial charge on any atom is 0.261 e. The van der Waals surface area contributed by atoms with Crippen molar-refractivity contribution in [1.29, 1.82) is 0 Å². The van der Waals surface area contributed by atoms with Crippen molar-refractivity contribution in [2.75, 3.05) is 13.1 Å². The van der Waals surface area contributed by atoms with E-state index in [1.54, 1.807) is 23.0 Å². The summed E-state index contributed by atoms with van der Waals surface area (Å²) >= 11 is 0. The number of aromatic nitrogens is 2. The van der Waals surface area contributed by atoms with Gasteiger partial charge in [0.25, 0.3) is 5.56 Å². The third-order valence-corrected chi connectivity index (χ3v) is 10.9. The molecule has 1 aromatic heterocycles. The summed E-state index contributed by atoms with van der Waals surface area (Å²) in [5.41, 5.74) is 9.72. The molecule has 3 aliphatic carbocycles. The highest BCUT2D eigenvalue weighted by Gasteiger charge is 2.59. The molecule has 3 saturated carbocycles. The second-order valence-electron chi connectivity index (χ2n) is 13.9. The molecule has 1 aliphatic heterocycles. The van der Waals surface area contributed by atoms with Crippen molar-refractivity contribution >= 4 is 22.5 Å². The lowest BCUT2D eigenvalue weighted by Gasteiger charge is -2.65. The fraction of sp³-hybridized carbons (Fsp3) is 0.559. The van der Waals surface area contributed by atoms with E-state index in [0.717, 1.165) is 30.5 Å². The molecule has 7 rings (SSSR count). The number of hydrogen-bond acceptors (Lipinski definition) is 4. The number of rotatable bonds is 5. The molecule has 0 radical (unpaired) electrons. The predicted molar refractivity (Wildman–Crippen MR) is 167 cm³/mol. The predicted octanol–water partition coefficient (Wildman–Crippen LogP) is 5.57.